The molecule has 3 N–H and O–H groups in total. The van der Waals surface area contributed by atoms with Gasteiger partial charge in [-0.25, -0.2) is 9.99 Å². The predicted octanol–water partition coefficient (Wildman–Crippen LogP) is 6.16. The van der Waals surface area contributed by atoms with Gasteiger partial charge in [0.2, 0.25) is 11.8 Å². The van der Waals surface area contributed by atoms with Crippen LogP contribution in [-0.2, 0) is 18.0 Å². The number of methoxy groups -OCH3 is 1. The number of ether oxygens (including phenoxy) is 1. The molecular formula is C42H61N5O6S. The topological polar surface area (TPSA) is 152 Å². The highest BCUT2D eigenvalue weighted by Gasteiger charge is 2.30. The molecule has 3 rings (SSSR count). The molecule has 2 heterocycles. The minimum absolute atomic E-state index is 0.00108. The number of thiazole rings is 1. The molecule has 1 amide bonds. The number of nitrogens with zero attached hydrogens (tertiary/aromatic N) is 5. The smallest absolute Gasteiger partial charge is 0.280 e. The Morgan fingerprint density at radius 2 is 1.67 bits per heavy atom. The van der Waals surface area contributed by atoms with Crippen LogP contribution in [0.25, 0.3) is 23.9 Å². The Balaban J connectivity index is 2.52. The molecule has 3 aromatic rings. The van der Waals surface area contributed by atoms with Crippen LogP contribution in [0.1, 0.15) is 121 Å². The minimum atomic E-state index is -0.900. The second kappa shape index (κ2) is 19.9. The number of hydrogen-bond acceptors (Lipinski definition) is 10. The van der Waals surface area contributed by atoms with Gasteiger partial charge in [0.05, 0.1) is 36.1 Å². The molecule has 0 fully saturated rings. The van der Waals surface area contributed by atoms with Crippen molar-refractivity contribution in [1.29, 1.82) is 5.26 Å². The van der Waals surface area contributed by atoms with E-state index in [1.807, 2.05) is 6.07 Å². The van der Waals surface area contributed by atoms with E-state index in [9.17, 15) is 30.2 Å². The maximum absolute atomic E-state index is 14.4. The van der Waals surface area contributed by atoms with Crippen molar-refractivity contribution in [3.8, 4) is 29.0 Å². The van der Waals surface area contributed by atoms with Crippen molar-refractivity contribution in [3.05, 3.63) is 54.5 Å². The summed E-state index contributed by atoms with van der Waals surface area (Å²) in [7, 11) is 2.89. The molecule has 0 saturated heterocycles. The van der Waals surface area contributed by atoms with Gasteiger partial charge in [-0.2, -0.15) is 9.94 Å². The highest BCUT2D eigenvalue weighted by Crippen LogP contribution is 2.42. The first-order chi connectivity index (χ1) is 25.6. The van der Waals surface area contributed by atoms with Crippen molar-refractivity contribution in [2.45, 2.75) is 113 Å². The molecule has 0 bridgehead atoms. The second-order valence-electron chi connectivity index (χ2n) is 15.1. The van der Waals surface area contributed by atoms with Crippen LogP contribution < -0.4 is 30.6 Å². The minimum Gasteiger partial charge on any atom is -0.496 e. The third kappa shape index (κ3) is 10.1. The average Bonchev–Trinajstić information content (AvgIpc) is 3.57. The van der Waals surface area contributed by atoms with Crippen LogP contribution in [0.3, 0.4) is 0 Å². The Morgan fingerprint density at radius 1 is 1.07 bits per heavy atom. The number of benzene rings is 1. The van der Waals surface area contributed by atoms with E-state index in [0.717, 1.165) is 79.3 Å². The van der Waals surface area contributed by atoms with Crippen LogP contribution in [-0.4, -0.2) is 58.1 Å². The first-order valence-corrected chi connectivity index (χ1v) is 20.0. The highest BCUT2D eigenvalue weighted by molar-refractivity contribution is 7.17. The van der Waals surface area contributed by atoms with Crippen LogP contribution >= 0.6 is 11.3 Å². The molecule has 296 valence electrons. The lowest BCUT2D eigenvalue weighted by molar-refractivity contribution is -0.127. The fourth-order valence-electron chi connectivity index (χ4n) is 6.77. The first-order valence-electron chi connectivity index (χ1n) is 19.2. The molecule has 2 unspecified atom stereocenters. The number of aromatic hydroxyl groups is 1. The largest absolute Gasteiger partial charge is 0.496 e. The van der Waals surface area contributed by atoms with Crippen LogP contribution in [0.2, 0.25) is 0 Å². The number of aliphatic hydroxyl groups excluding tert-OH is 2. The molecule has 0 saturated carbocycles. The molecule has 0 aliphatic heterocycles. The van der Waals surface area contributed by atoms with E-state index in [2.05, 4.69) is 39.2 Å². The van der Waals surface area contributed by atoms with Crippen molar-refractivity contribution in [3.63, 3.8) is 0 Å². The number of aliphatic hydroxyl groups is 2. The molecule has 11 nitrogen and oxygen atoms in total. The summed E-state index contributed by atoms with van der Waals surface area (Å²) in [4.78, 5) is 35.9. The van der Waals surface area contributed by atoms with Gasteiger partial charge in [0, 0.05) is 36.3 Å². The van der Waals surface area contributed by atoms with Gasteiger partial charge >= 0.3 is 0 Å². The fourth-order valence-corrected chi connectivity index (χ4v) is 7.80. The van der Waals surface area contributed by atoms with E-state index in [0.29, 0.717) is 44.8 Å². The molecular weight excluding hydrogens is 703 g/mol. The maximum atomic E-state index is 14.4. The van der Waals surface area contributed by atoms with Gasteiger partial charge in [0.1, 0.15) is 17.4 Å². The average molecular weight is 764 g/mol. The third-order valence-electron chi connectivity index (χ3n) is 10.1. The Hall–Kier alpha value is -4.18. The summed E-state index contributed by atoms with van der Waals surface area (Å²) in [6.07, 6.45) is 10.3. The highest BCUT2D eigenvalue weighted by atomic mass is 32.1. The van der Waals surface area contributed by atoms with E-state index in [1.54, 1.807) is 39.0 Å². The number of pyridine rings is 1. The molecule has 2 aromatic heterocycles. The number of amides is 1. The van der Waals surface area contributed by atoms with E-state index in [4.69, 9.17) is 9.72 Å². The van der Waals surface area contributed by atoms with E-state index < -0.39 is 22.8 Å². The van der Waals surface area contributed by atoms with Crippen molar-refractivity contribution >= 4 is 35.0 Å². The fraction of sp³-hybridized carbons (Fsp3) is 0.571. The van der Waals surface area contributed by atoms with Gasteiger partial charge < -0.3 is 25.0 Å². The first kappa shape index (κ1) is 44.2. The molecule has 0 aliphatic rings. The number of unbranched alkanes of at least 4 members (excludes halogenated alkanes) is 2. The summed E-state index contributed by atoms with van der Waals surface area (Å²) in [5.41, 5.74) is 0.102. The van der Waals surface area contributed by atoms with Gasteiger partial charge in [-0.05, 0) is 47.9 Å². The van der Waals surface area contributed by atoms with Crippen molar-refractivity contribution in [1.82, 2.24) is 9.66 Å². The van der Waals surface area contributed by atoms with Crippen LogP contribution in [0.5, 0.6) is 11.6 Å². The molecule has 0 radical (unpaired) electrons. The van der Waals surface area contributed by atoms with E-state index in [1.165, 1.54) is 25.5 Å². The zero-order valence-corrected chi connectivity index (χ0v) is 34.6. The number of anilines is 1. The van der Waals surface area contributed by atoms with Crippen LogP contribution in [0.15, 0.2) is 16.9 Å². The monoisotopic (exact) mass is 763 g/mol. The lowest BCUT2D eigenvalue weighted by Gasteiger charge is -2.30. The lowest BCUT2D eigenvalue weighted by Crippen LogP contribution is -2.55. The summed E-state index contributed by atoms with van der Waals surface area (Å²) in [6, 6.07) is 5.37. The van der Waals surface area contributed by atoms with Crippen molar-refractivity contribution < 1.29 is 24.9 Å². The number of carbonyl (C=O) groups is 1. The summed E-state index contributed by atoms with van der Waals surface area (Å²) < 4.78 is 6.65. The Bertz CT molecular complexity index is 1910. The zero-order chi connectivity index (χ0) is 40.3. The molecule has 0 aliphatic carbocycles. The molecule has 1 aromatic carbocycles. The van der Waals surface area contributed by atoms with E-state index in [-0.39, 0.29) is 29.2 Å². The van der Waals surface area contributed by atoms with Gasteiger partial charge in [-0.3, -0.25) is 9.59 Å². The normalized spacial score (nSPS) is 13.1. The van der Waals surface area contributed by atoms with Crippen molar-refractivity contribution in [2.75, 3.05) is 37.2 Å². The maximum Gasteiger partial charge on any atom is 0.280 e. The molecule has 12 heteroatoms. The van der Waals surface area contributed by atoms with Crippen molar-refractivity contribution in [2.24, 2.45) is 17.3 Å². The number of carbonyl (C=O) groups excluding carboxylic acids is 1. The Labute approximate surface area is 324 Å². The Kier molecular flexibility index (Phi) is 16.3. The van der Waals surface area contributed by atoms with Gasteiger partial charge in [-0.15, -0.1) is 0 Å². The number of rotatable bonds is 19. The standard InChI is InChI=1S/C42H61N5O6S/c1-11-15-17-28(13-3)23-46(24-29(14-4)18-16-12-2)41-44-37(36-31(26-49)19-30(25-48)20-34(36)53-10)35(54-41)21-32-27(5)33(22-43)39(51)47(38(32)50)45(9)40(52)42(6,7)8/h19-21,28-29,48-49,51H,5,11-18,23-26H2,1-4,6-10H3/b32-21-. The van der Waals surface area contributed by atoms with Crippen LogP contribution in [0, 0.1) is 28.6 Å². The Morgan fingerprint density at radius 3 is 2.13 bits per heavy atom. The summed E-state index contributed by atoms with van der Waals surface area (Å²) in [5, 5.41) is 43.8. The zero-order valence-electron chi connectivity index (χ0n) is 33.8. The lowest BCUT2D eigenvalue weighted by atomic mass is 9.95. The van der Waals surface area contributed by atoms with Crippen LogP contribution in [0.4, 0.5) is 5.13 Å². The molecule has 54 heavy (non-hydrogen) atoms. The predicted molar refractivity (Wildman–Crippen MR) is 219 cm³/mol. The molecule has 2 atom stereocenters. The summed E-state index contributed by atoms with van der Waals surface area (Å²) in [6.45, 7) is 18.9. The van der Waals surface area contributed by atoms with Gasteiger partial charge in [-0.1, -0.05) is 111 Å². The number of nitriles is 1. The summed E-state index contributed by atoms with van der Waals surface area (Å²) >= 11 is 1.39. The van der Waals surface area contributed by atoms with E-state index >= 15 is 0 Å². The quantitative estimate of drug-likeness (QED) is 0.130. The summed E-state index contributed by atoms with van der Waals surface area (Å²) in [5.74, 6) is 0.125. The SMILES string of the molecule is C=c1c(C#N)c(O)n(N(C)C(=O)C(C)(C)C)c(=O)/c1=C\c1sc(N(CC(CC)CCCC)CC(CC)CCCC)nc1-c1c(CO)cc(CO)cc1OC. The van der Waals surface area contributed by atoms with Gasteiger partial charge in [0.25, 0.3) is 5.56 Å². The third-order valence-corrected chi connectivity index (χ3v) is 11.2. The number of hydrogen-bond donors (Lipinski definition) is 3. The molecule has 0 spiro atoms. The second-order valence-corrected chi connectivity index (χ2v) is 16.1. The number of aromatic nitrogens is 2. The van der Waals surface area contributed by atoms with Gasteiger partial charge in [0.15, 0.2) is 5.13 Å².